The number of hydrogen-bond acceptors (Lipinski definition) is 7. The smallest absolute Gasteiger partial charge is 0.263 e. The lowest BCUT2D eigenvalue weighted by atomic mass is 10.1. The summed E-state index contributed by atoms with van der Waals surface area (Å²) in [6.07, 6.45) is 8.92. The van der Waals surface area contributed by atoms with Gasteiger partial charge < -0.3 is 16.8 Å². The van der Waals surface area contributed by atoms with E-state index in [2.05, 4.69) is 10.3 Å². The predicted molar refractivity (Wildman–Crippen MR) is 114 cm³/mol. The maximum atomic E-state index is 12.7. The van der Waals surface area contributed by atoms with Gasteiger partial charge in [0.2, 0.25) is 0 Å². The quantitative estimate of drug-likeness (QED) is 0.376. The average Bonchev–Trinajstić information content (AvgIpc) is 3.50. The zero-order chi connectivity index (χ0) is 19.7. The van der Waals surface area contributed by atoms with Gasteiger partial charge >= 0.3 is 0 Å². The molecule has 0 spiro atoms. The van der Waals surface area contributed by atoms with E-state index in [4.69, 9.17) is 17.3 Å². The summed E-state index contributed by atoms with van der Waals surface area (Å²) in [5, 5.41) is 5.36. The molecule has 7 nitrogen and oxygen atoms in total. The Morgan fingerprint density at radius 2 is 2.04 bits per heavy atom. The van der Waals surface area contributed by atoms with E-state index in [-0.39, 0.29) is 5.91 Å². The Balaban J connectivity index is 1.48. The van der Waals surface area contributed by atoms with Crippen molar-refractivity contribution in [3.8, 4) is 0 Å². The maximum absolute atomic E-state index is 12.7. The van der Waals surface area contributed by atoms with Gasteiger partial charge in [-0.2, -0.15) is 0 Å². The molecule has 1 aromatic carbocycles. The van der Waals surface area contributed by atoms with Gasteiger partial charge in [-0.05, 0) is 42.0 Å². The monoisotopic (exact) mass is 394 g/mol. The second kappa shape index (κ2) is 7.49. The first-order valence-electron chi connectivity index (χ1n) is 9.04. The largest absolute Gasteiger partial charge is 0.403 e. The van der Waals surface area contributed by atoms with E-state index >= 15 is 0 Å². The minimum Gasteiger partial charge on any atom is -0.403 e. The molecule has 144 valence electrons. The van der Waals surface area contributed by atoms with Gasteiger partial charge in [0.1, 0.15) is 4.88 Å². The fourth-order valence-corrected chi connectivity index (χ4v) is 4.24. The first-order chi connectivity index (χ1) is 13.6. The number of benzene rings is 1. The number of nitrogens with one attached hydrogen (secondary N) is 1. The van der Waals surface area contributed by atoms with Gasteiger partial charge in [0.15, 0.2) is 0 Å². The molecule has 3 aromatic rings. The number of carbonyl (C=O) groups excluding carboxylic acids is 1. The van der Waals surface area contributed by atoms with Crippen molar-refractivity contribution in [1.29, 1.82) is 0 Å². The van der Waals surface area contributed by atoms with Crippen LogP contribution in [-0.2, 0) is 6.54 Å². The van der Waals surface area contributed by atoms with Crippen LogP contribution in [0.2, 0.25) is 0 Å². The van der Waals surface area contributed by atoms with E-state index in [1.54, 1.807) is 12.4 Å². The Hall–Kier alpha value is -3.10. The summed E-state index contributed by atoms with van der Waals surface area (Å²) in [6.45, 7) is 0.401. The van der Waals surface area contributed by atoms with Gasteiger partial charge in [0.25, 0.3) is 5.91 Å². The molecule has 1 aliphatic carbocycles. The van der Waals surface area contributed by atoms with Crippen LogP contribution in [0, 0.1) is 0 Å². The van der Waals surface area contributed by atoms with Gasteiger partial charge in [-0.15, -0.1) is 11.3 Å². The zero-order valence-electron chi connectivity index (χ0n) is 15.3. The molecule has 2 heterocycles. The van der Waals surface area contributed by atoms with Crippen molar-refractivity contribution in [2.45, 2.75) is 25.3 Å². The van der Waals surface area contributed by atoms with Crippen LogP contribution in [0.25, 0.3) is 10.1 Å². The van der Waals surface area contributed by atoms with Gasteiger partial charge in [-0.25, -0.2) is 5.84 Å². The average molecular weight is 395 g/mol. The van der Waals surface area contributed by atoms with Crippen molar-refractivity contribution in [1.82, 2.24) is 10.3 Å². The number of fused-ring (bicyclic) bond motifs is 1. The highest BCUT2D eigenvalue weighted by atomic mass is 32.1. The molecule has 2 aromatic heterocycles. The van der Waals surface area contributed by atoms with Crippen LogP contribution in [0.3, 0.4) is 0 Å². The number of aromatic nitrogens is 1. The highest BCUT2D eigenvalue weighted by Gasteiger charge is 2.28. The van der Waals surface area contributed by atoms with Crippen LogP contribution in [-0.4, -0.2) is 10.9 Å². The van der Waals surface area contributed by atoms with Crippen molar-refractivity contribution in [2.24, 2.45) is 11.6 Å². The fourth-order valence-electron chi connectivity index (χ4n) is 3.20. The number of anilines is 2. The molecule has 1 saturated carbocycles. The number of nitrogens with zero attached hydrogens (tertiary/aromatic N) is 2. The number of amides is 1. The van der Waals surface area contributed by atoms with Crippen molar-refractivity contribution in [3.05, 3.63) is 65.1 Å². The first kappa shape index (κ1) is 18.3. The lowest BCUT2D eigenvalue weighted by Crippen LogP contribution is -2.25. The number of pyridine rings is 1. The third-order valence-electron chi connectivity index (χ3n) is 4.82. The number of thiophene rings is 1. The summed E-state index contributed by atoms with van der Waals surface area (Å²) in [6, 6.07) is 7.54. The van der Waals surface area contributed by atoms with Gasteiger partial charge in [-0.1, -0.05) is 12.1 Å². The third-order valence-corrected chi connectivity index (χ3v) is 5.96. The maximum Gasteiger partial charge on any atom is 0.263 e. The van der Waals surface area contributed by atoms with E-state index in [0.717, 1.165) is 34.2 Å². The van der Waals surface area contributed by atoms with Crippen LogP contribution >= 0.6 is 11.3 Å². The molecule has 1 aliphatic rings. The highest BCUT2D eigenvalue weighted by molar-refractivity contribution is 7.21. The van der Waals surface area contributed by atoms with Crippen molar-refractivity contribution >= 4 is 38.7 Å². The molecule has 0 radical (unpaired) electrons. The molecular formula is C20H22N6OS. The number of rotatable bonds is 6. The molecule has 7 N–H and O–H groups in total. The molecular weight excluding hydrogens is 372 g/mol. The topological polar surface area (TPSA) is 123 Å². The minimum absolute atomic E-state index is 0.170. The molecule has 8 heteroatoms. The first-order valence-corrected chi connectivity index (χ1v) is 9.85. The molecule has 0 aliphatic heterocycles. The van der Waals surface area contributed by atoms with Crippen molar-refractivity contribution < 1.29 is 4.79 Å². The summed E-state index contributed by atoms with van der Waals surface area (Å²) in [4.78, 5) is 17.6. The number of carbonyl (C=O) groups is 1. The molecule has 0 atom stereocenters. The minimum atomic E-state index is -0.170. The Kier molecular flexibility index (Phi) is 4.89. The van der Waals surface area contributed by atoms with Crippen LogP contribution in [0.5, 0.6) is 0 Å². The molecule has 1 fully saturated rings. The molecule has 0 saturated heterocycles. The summed E-state index contributed by atoms with van der Waals surface area (Å²) in [5.74, 6) is 6.18. The van der Waals surface area contributed by atoms with Crippen molar-refractivity contribution in [2.75, 3.05) is 10.7 Å². The lowest BCUT2D eigenvalue weighted by molar-refractivity contribution is 0.0956. The Labute approximate surface area is 166 Å². The van der Waals surface area contributed by atoms with Crippen molar-refractivity contribution in [3.63, 3.8) is 0 Å². The lowest BCUT2D eigenvalue weighted by Gasteiger charge is -2.13. The normalized spacial score (nSPS) is 13.9. The van der Waals surface area contributed by atoms with E-state index in [0.29, 0.717) is 23.0 Å². The highest BCUT2D eigenvalue weighted by Crippen LogP contribution is 2.46. The van der Waals surface area contributed by atoms with E-state index < -0.39 is 0 Å². The third kappa shape index (κ3) is 3.51. The second-order valence-electron chi connectivity index (χ2n) is 6.82. The van der Waals surface area contributed by atoms with E-state index in [9.17, 15) is 4.79 Å². The van der Waals surface area contributed by atoms with E-state index in [1.165, 1.54) is 28.1 Å². The van der Waals surface area contributed by atoms with Gasteiger partial charge in [0.05, 0.1) is 16.1 Å². The summed E-state index contributed by atoms with van der Waals surface area (Å²) in [5.41, 5.74) is 15.2. The van der Waals surface area contributed by atoms with Crippen LogP contribution in [0.15, 0.2) is 49.1 Å². The number of hydrogen-bond donors (Lipinski definition) is 4. The summed E-state index contributed by atoms with van der Waals surface area (Å²) in [7, 11) is 0. The summed E-state index contributed by atoms with van der Waals surface area (Å²) < 4.78 is 0.965. The van der Waals surface area contributed by atoms with E-state index in [1.807, 2.05) is 30.5 Å². The Bertz CT molecular complexity index is 1040. The second-order valence-corrected chi connectivity index (χ2v) is 7.87. The van der Waals surface area contributed by atoms with Gasteiger partial charge in [0, 0.05) is 36.7 Å². The standard InChI is InChI=1S/C20H22N6OS/c21-7-8-26(23)14-5-1-12(2-6-14)9-25-20(27)19-18(22)17-15(13-3-4-13)10-24-11-16(17)28-19/h1-2,5-8,10-11,13H,3-4,9,21-23H2,(H,25,27)/b8-7-. The number of nitrogen functional groups attached to an aromatic ring is 1. The Morgan fingerprint density at radius 3 is 2.71 bits per heavy atom. The molecule has 1 amide bonds. The fraction of sp³-hybridized carbons (Fsp3) is 0.200. The molecule has 0 bridgehead atoms. The van der Waals surface area contributed by atoms with Crippen LogP contribution < -0.4 is 27.6 Å². The van der Waals surface area contributed by atoms with Crippen LogP contribution in [0.4, 0.5) is 11.4 Å². The predicted octanol–water partition coefficient (Wildman–Crippen LogP) is 2.80. The number of nitrogens with two attached hydrogens (primary N) is 3. The molecule has 28 heavy (non-hydrogen) atoms. The Morgan fingerprint density at radius 1 is 1.29 bits per heavy atom. The SMILES string of the molecule is N/C=C\N(N)c1ccc(CNC(=O)c2sc3cncc(C4CC4)c3c2N)cc1. The zero-order valence-corrected chi connectivity index (χ0v) is 16.1. The van der Waals surface area contributed by atoms with Crippen LogP contribution in [0.1, 0.15) is 39.6 Å². The molecule has 0 unspecified atom stereocenters. The summed E-state index contributed by atoms with van der Waals surface area (Å²) >= 11 is 1.40. The molecule has 4 rings (SSSR count). The number of hydrazine groups is 1. The van der Waals surface area contributed by atoms with Gasteiger partial charge in [-0.3, -0.25) is 14.8 Å².